The van der Waals surface area contributed by atoms with Crippen LogP contribution in [0.5, 0.6) is 0 Å². The van der Waals surface area contributed by atoms with E-state index in [1.54, 1.807) is 0 Å². The molecule has 0 spiro atoms. The van der Waals surface area contributed by atoms with E-state index in [0.717, 1.165) is 63.1 Å². The molecule has 0 radical (unpaired) electrons. The van der Waals surface area contributed by atoms with Gasteiger partial charge in [-0.25, -0.2) is 9.37 Å². The molecule has 2 aromatic rings. The second-order valence-electron chi connectivity index (χ2n) is 6.80. The van der Waals surface area contributed by atoms with Crippen molar-refractivity contribution in [1.29, 1.82) is 0 Å². The van der Waals surface area contributed by atoms with Gasteiger partial charge >= 0.3 is 0 Å². The van der Waals surface area contributed by atoms with Crippen LogP contribution in [0.15, 0.2) is 36.5 Å². The third kappa shape index (κ3) is 3.90. The lowest BCUT2D eigenvalue weighted by Crippen LogP contribution is -2.46. The molecule has 1 aromatic heterocycles. The van der Waals surface area contributed by atoms with Crippen molar-refractivity contribution in [1.82, 2.24) is 14.9 Å². The summed E-state index contributed by atoms with van der Waals surface area (Å²) >= 11 is 0. The fourth-order valence-corrected chi connectivity index (χ4v) is 3.57. The van der Waals surface area contributed by atoms with Gasteiger partial charge in [-0.05, 0) is 36.6 Å². The number of hydrogen-bond acceptors (Lipinski definition) is 5. The maximum atomic E-state index is 13.0. The van der Waals surface area contributed by atoms with Crippen molar-refractivity contribution in [2.45, 2.75) is 19.4 Å². The minimum Gasteiger partial charge on any atom is -0.356 e. The number of benzene rings is 1. The molecule has 0 bridgehead atoms. The Balaban J connectivity index is 1.35. The molecule has 25 heavy (non-hydrogen) atoms. The maximum Gasteiger partial charge on any atom is 0.227 e. The van der Waals surface area contributed by atoms with E-state index in [1.165, 1.54) is 25.0 Å². The van der Waals surface area contributed by atoms with Crippen LogP contribution in [0.25, 0.3) is 0 Å². The summed E-state index contributed by atoms with van der Waals surface area (Å²) in [6.45, 7) is 6.84. The van der Waals surface area contributed by atoms with E-state index in [0.29, 0.717) is 0 Å². The van der Waals surface area contributed by atoms with Gasteiger partial charge < -0.3 is 9.80 Å². The fourth-order valence-electron chi connectivity index (χ4n) is 3.57. The average Bonchev–Trinajstić information content (AvgIpc) is 3.19. The summed E-state index contributed by atoms with van der Waals surface area (Å²) in [6.07, 6.45) is 4.38. The maximum absolute atomic E-state index is 13.0. The van der Waals surface area contributed by atoms with Crippen LogP contribution in [0, 0.1) is 5.82 Å². The summed E-state index contributed by atoms with van der Waals surface area (Å²) in [6, 6.07) is 8.81. The van der Waals surface area contributed by atoms with E-state index in [4.69, 9.17) is 4.98 Å². The van der Waals surface area contributed by atoms with Crippen molar-refractivity contribution in [3.05, 3.63) is 47.9 Å². The zero-order valence-corrected chi connectivity index (χ0v) is 14.4. The standard InChI is InChI=1S/C19H24FN5/c20-17-5-3-16(4-6-17)15-23-11-13-25(14-12-23)19-21-8-7-18(22-19)24-9-1-2-10-24/h3-8H,1-2,9-15H2. The van der Waals surface area contributed by atoms with Crippen molar-refractivity contribution in [2.75, 3.05) is 49.1 Å². The minimum absolute atomic E-state index is 0.177. The Kier molecular flexibility index (Phi) is 4.78. The van der Waals surface area contributed by atoms with Gasteiger partial charge in [0.2, 0.25) is 5.95 Å². The zero-order chi connectivity index (χ0) is 17.1. The minimum atomic E-state index is -0.177. The first kappa shape index (κ1) is 16.3. The molecule has 0 N–H and O–H groups in total. The molecule has 2 saturated heterocycles. The van der Waals surface area contributed by atoms with Crippen molar-refractivity contribution in [3.8, 4) is 0 Å². The average molecular weight is 341 g/mol. The summed E-state index contributed by atoms with van der Waals surface area (Å²) in [7, 11) is 0. The Morgan fingerprint density at radius 2 is 1.56 bits per heavy atom. The van der Waals surface area contributed by atoms with E-state index in [1.807, 2.05) is 24.4 Å². The van der Waals surface area contributed by atoms with E-state index in [2.05, 4.69) is 19.7 Å². The van der Waals surface area contributed by atoms with Gasteiger partial charge in [0.1, 0.15) is 11.6 Å². The number of aromatic nitrogens is 2. The molecule has 132 valence electrons. The second-order valence-corrected chi connectivity index (χ2v) is 6.80. The first-order valence-corrected chi connectivity index (χ1v) is 9.08. The number of nitrogens with zero attached hydrogens (tertiary/aromatic N) is 5. The lowest BCUT2D eigenvalue weighted by Gasteiger charge is -2.35. The Morgan fingerprint density at radius 1 is 0.840 bits per heavy atom. The van der Waals surface area contributed by atoms with Gasteiger partial charge in [-0.2, -0.15) is 4.98 Å². The number of hydrogen-bond donors (Lipinski definition) is 0. The SMILES string of the molecule is Fc1ccc(CN2CCN(c3nccc(N4CCCC4)n3)CC2)cc1. The summed E-state index contributed by atoms with van der Waals surface area (Å²) in [5.74, 6) is 1.71. The third-order valence-corrected chi connectivity index (χ3v) is 5.03. The molecule has 6 heteroatoms. The zero-order valence-electron chi connectivity index (χ0n) is 14.4. The first-order chi connectivity index (χ1) is 12.3. The highest BCUT2D eigenvalue weighted by Gasteiger charge is 2.21. The number of rotatable bonds is 4. The lowest BCUT2D eigenvalue weighted by atomic mass is 10.2. The van der Waals surface area contributed by atoms with Crippen LogP contribution in [0.3, 0.4) is 0 Å². The molecule has 0 atom stereocenters. The topological polar surface area (TPSA) is 35.5 Å². The molecule has 4 rings (SSSR count). The van der Waals surface area contributed by atoms with Gasteiger partial charge in [0.15, 0.2) is 0 Å². The Hall–Kier alpha value is -2.21. The largest absolute Gasteiger partial charge is 0.356 e. The van der Waals surface area contributed by atoms with Crippen LogP contribution in [-0.2, 0) is 6.54 Å². The van der Waals surface area contributed by atoms with Crippen LogP contribution in [-0.4, -0.2) is 54.1 Å². The molecule has 2 aliphatic rings. The quantitative estimate of drug-likeness (QED) is 0.854. The normalized spacial score (nSPS) is 18.8. The first-order valence-electron chi connectivity index (χ1n) is 9.08. The van der Waals surface area contributed by atoms with Gasteiger partial charge in [0, 0.05) is 52.0 Å². The molecular formula is C19H24FN5. The number of piperazine rings is 1. The van der Waals surface area contributed by atoms with Gasteiger partial charge in [-0.1, -0.05) is 12.1 Å². The molecular weight excluding hydrogens is 317 g/mol. The molecule has 3 heterocycles. The second kappa shape index (κ2) is 7.35. The van der Waals surface area contributed by atoms with Crippen LogP contribution >= 0.6 is 0 Å². The Bertz CT molecular complexity index is 691. The van der Waals surface area contributed by atoms with Crippen LogP contribution in [0.2, 0.25) is 0 Å². The predicted molar refractivity (Wildman–Crippen MR) is 97.4 cm³/mol. The number of anilines is 2. The molecule has 2 fully saturated rings. The monoisotopic (exact) mass is 341 g/mol. The van der Waals surface area contributed by atoms with E-state index >= 15 is 0 Å². The molecule has 0 amide bonds. The van der Waals surface area contributed by atoms with Crippen molar-refractivity contribution in [3.63, 3.8) is 0 Å². The third-order valence-electron chi connectivity index (χ3n) is 5.03. The van der Waals surface area contributed by atoms with Crippen LogP contribution in [0.1, 0.15) is 18.4 Å². The molecule has 0 aliphatic carbocycles. The summed E-state index contributed by atoms with van der Waals surface area (Å²) in [5, 5.41) is 0. The smallest absolute Gasteiger partial charge is 0.227 e. The molecule has 5 nitrogen and oxygen atoms in total. The van der Waals surface area contributed by atoms with E-state index in [9.17, 15) is 4.39 Å². The van der Waals surface area contributed by atoms with Crippen LogP contribution < -0.4 is 9.80 Å². The highest BCUT2D eigenvalue weighted by molar-refractivity contribution is 5.44. The van der Waals surface area contributed by atoms with Crippen LogP contribution in [0.4, 0.5) is 16.2 Å². The highest BCUT2D eigenvalue weighted by atomic mass is 19.1. The molecule has 2 aliphatic heterocycles. The Labute approximate surface area is 148 Å². The molecule has 1 aromatic carbocycles. The molecule has 0 saturated carbocycles. The van der Waals surface area contributed by atoms with Gasteiger partial charge in [-0.15, -0.1) is 0 Å². The van der Waals surface area contributed by atoms with Crippen molar-refractivity contribution >= 4 is 11.8 Å². The predicted octanol–water partition coefficient (Wildman–Crippen LogP) is 2.54. The molecule has 0 unspecified atom stereocenters. The lowest BCUT2D eigenvalue weighted by molar-refractivity contribution is 0.248. The fraction of sp³-hybridized carbons (Fsp3) is 0.474. The number of halogens is 1. The van der Waals surface area contributed by atoms with Gasteiger partial charge in [0.05, 0.1) is 0 Å². The van der Waals surface area contributed by atoms with E-state index < -0.39 is 0 Å². The summed E-state index contributed by atoms with van der Waals surface area (Å²) < 4.78 is 13.0. The summed E-state index contributed by atoms with van der Waals surface area (Å²) in [5.41, 5.74) is 1.15. The van der Waals surface area contributed by atoms with Gasteiger partial charge in [-0.3, -0.25) is 4.90 Å². The summed E-state index contributed by atoms with van der Waals surface area (Å²) in [4.78, 5) is 16.3. The van der Waals surface area contributed by atoms with E-state index in [-0.39, 0.29) is 5.82 Å². The highest BCUT2D eigenvalue weighted by Crippen LogP contribution is 2.20. The van der Waals surface area contributed by atoms with Crippen molar-refractivity contribution < 1.29 is 4.39 Å². The Morgan fingerprint density at radius 3 is 2.28 bits per heavy atom. The van der Waals surface area contributed by atoms with Crippen molar-refractivity contribution in [2.24, 2.45) is 0 Å². The van der Waals surface area contributed by atoms with Gasteiger partial charge in [0.25, 0.3) is 0 Å².